The van der Waals surface area contributed by atoms with Crippen LogP contribution in [0, 0.1) is 0 Å². The first kappa shape index (κ1) is 6.73. The second-order valence-electron chi connectivity index (χ2n) is 1.61. The smallest absolute Gasteiger partial charge is 0.144 e. The molecule has 0 aromatic carbocycles. The SMILES string of the molecule is IO[C@@H]1COCCN1. The zero-order chi connectivity index (χ0) is 5.82. The molecule has 1 saturated heterocycles. The van der Waals surface area contributed by atoms with Crippen molar-refractivity contribution >= 4 is 23.0 Å². The lowest BCUT2D eigenvalue weighted by Crippen LogP contribution is -2.41. The van der Waals surface area contributed by atoms with Gasteiger partial charge in [-0.2, -0.15) is 0 Å². The average molecular weight is 229 g/mol. The molecule has 0 aromatic rings. The summed E-state index contributed by atoms with van der Waals surface area (Å²) >= 11 is 1.86. The molecule has 1 N–H and O–H groups in total. The predicted octanol–water partition coefficient (Wildman–Crippen LogP) is 0.299. The summed E-state index contributed by atoms with van der Waals surface area (Å²) < 4.78 is 10.0. The molecule has 0 unspecified atom stereocenters. The lowest BCUT2D eigenvalue weighted by Gasteiger charge is -2.20. The van der Waals surface area contributed by atoms with E-state index in [-0.39, 0.29) is 6.23 Å². The first-order valence-electron chi connectivity index (χ1n) is 2.52. The Morgan fingerprint density at radius 1 is 1.75 bits per heavy atom. The number of hydrogen-bond acceptors (Lipinski definition) is 3. The van der Waals surface area contributed by atoms with Gasteiger partial charge in [0.25, 0.3) is 0 Å². The molecule has 0 spiro atoms. The molecule has 0 aromatic heterocycles. The van der Waals surface area contributed by atoms with E-state index in [1.807, 2.05) is 23.0 Å². The Labute approximate surface area is 62.4 Å². The van der Waals surface area contributed by atoms with Crippen molar-refractivity contribution in [3.05, 3.63) is 0 Å². The number of halogens is 1. The van der Waals surface area contributed by atoms with E-state index in [2.05, 4.69) is 5.32 Å². The second-order valence-corrected chi connectivity index (χ2v) is 2.12. The third-order valence-electron chi connectivity index (χ3n) is 0.995. The maximum atomic E-state index is 5.08. The molecule has 0 saturated carbocycles. The molecule has 48 valence electrons. The maximum Gasteiger partial charge on any atom is 0.144 e. The number of hydrogen-bond donors (Lipinski definition) is 1. The Morgan fingerprint density at radius 2 is 2.62 bits per heavy atom. The van der Waals surface area contributed by atoms with Crippen LogP contribution in [0.5, 0.6) is 0 Å². The quantitative estimate of drug-likeness (QED) is 0.656. The normalized spacial score (nSPS) is 30.4. The van der Waals surface area contributed by atoms with Crippen molar-refractivity contribution in [3.8, 4) is 0 Å². The molecule has 0 aliphatic carbocycles. The highest BCUT2D eigenvalue weighted by atomic mass is 127. The van der Waals surface area contributed by atoms with Gasteiger partial charge < -0.3 is 4.74 Å². The Morgan fingerprint density at radius 3 is 3.00 bits per heavy atom. The minimum atomic E-state index is 0.101. The molecule has 1 heterocycles. The molecular formula is C4H8INO2. The van der Waals surface area contributed by atoms with Crippen LogP contribution in [-0.4, -0.2) is 26.0 Å². The van der Waals surface area contributed by atoms with Crippen molar-refractivity contribution < 1.29 is 7.80 Å². The Balaban J connectivity index is 2.13. The third kappa shape index (κ3) is 1.85. The summed E-state index contributed by atoms with van der Waals surface area (Å²) in [5.74, 6) is 0. The van der Waals surface area contributed by atoms with Gasteiger partial charge in [-0.3, -0.25) is 8.38 Å². The fraction of sp³-hybridized carbons (Fsp3) is 1.00. The van der Waals surface area contributed by atoms with Gasteiger partial charge >= 0.3 is 0 Å². The van der Waals surface area contributed by atoms with Crippen molar-refractivity contribution in [3.63, 3.8) is 0 Å². The van der Waals surface area contributed by atoms with Crippen LogP contribution in [0.1, 0.15) is 0 Å². The highest BCUT2D eigenvalue weighted by molar-refractivity contribution is 14.1. The Hall–Kier alpha value is 0.610. The van der Waals surface area contributed by atoms with Gasteiger partial charge in [-0.1, -0.05) is 0 Å². The van der Waals surface area contributed by atoms with E-state index in [0.29, 0.717) is 6.61 Å². The summed E-state index contributed by atoms with van der Waals surface area (Å²) in [5.41, 5.74) is 0. The zero-order valence-corrected chi connectivity index (χ0v) is 6.55. The van der Waals surface area contributed by atoms with E-state index in [9.17, 15) is 0 Å². The van der Waals surface area contributed by atoms with E-state index >= 15 is 0 Å². The van der Waals surface area contributed by atoms with E-state index in [1.54, 1.807) is 0 Å². The average Bonchev–Trinajstić information content (AvgIpc) is 1.90. The monoisotopic (exact) mass is 229 g/mol. The van der Waals surface area contributed by atoms with Crippen LogP contribution in [0.4, 0.5) is 0 Å². The van der Waals surface area contributed by atoms with Gasteiger partial charge in [0.2, 0.25) is 0 Å². The second kappa shape index (κ2) is 3.60. The van der Waals surface area contributed by atoms with Gasteiger partial charge in [-0.15, -0.1) is 0 Å². The minimum Gasteiger partial charge on any atom is -0.376 e. The number of nitrogens with one attached hydrogen (secondary N) is 1. The fourth-order valence-electron chi connectivity index (χ4n) is 0.599. The Bertz CT molecular complexity index is 65.1. The van der Waals surface area contributed by atoms with Gasteiger partial charge in [0.1, 0.15) is 29.2 Å². The van der Waals surface area contributed by atoms with Crippen molar-refractivity contribution in [1.82, 2.24) is 5.32 Å². The maximum absolute atomic E-state index is 5.08. The summed E-state index contributed by atoms with van der Waals surface area (Å²) in [5, 5.41) is 3.11. The van der Waals surface area contributed by atoms with Gasteiger partial charge in [-0.25, -0.2) is 0 Å². The molecule has 1 rings (SSSR count). The van der Waals surface area contributed by atoms with Crippen LogP contribution in [0.3, 0.4) is 0 Å². The van der Waals surface area contributed by atoms with Crippen LogP contribution in [-0.2, 0) is 7.80 Å². The van der Waals surface area contributed by atoms with Crippen LogP contribution < -0.4 is 5.32 Å². The topological polar surface area (TPSA) is 30.5 Å². The summed E-state index contributed by atoms with van der Waals surface area (Å²) in [4.78, 5) is 0. The molecule has 8 heavy (non-hydrogen) atoms. The molecule has 0 radical (unpaired) electrons. The first-order valence-corrected chi connectivity index (χ1v) is 3.40. The lowest BCUT2D eigenvalue weighted by molar-refractivity contribution is 0.0171. The molecule has 3 nitrogen and oxygen atoms in total. The summed E-state index contributed by atoms with van der Waals surface area (Å²) in [6, 6.07) is 0. The van der Waals surface area contributed by atoms with Gasteiger partial charge in [0, 0.05) is 6.54 Å². The molecule has 4 heteroatoms. The molecule has 0 amide bonds. The van der Waals surface area contributed by atoms with Crippen LogP contribution in [0.15, 0.2) is 0 Å². The first-order chi connectivity index (χ1) is 3.93. The largest absolute Gasteiger partial charge is 0.376 e. The lowest BCUT2D eigenvalue weighted by atomic mass is 10.5. The molecule has 1 aliphatic rings. The Kier molecular flexibility index (Phi) is 3.03. The molecule has 1 fully saturated rings. The number of ether oxygens (including phenoxy) is 1. The summed E-state index contributed by atoms with van der Waals surface area (Å²) in [6.45, 7) is 2.37. The van der Waals surface area contributed by atoms with Crippen LogP contribution in [0.2, 0.25) is 0 Å². The van der Waals surface area contributed by atoms with Crippen molar-refractivity contribution in [2.75, 3.05) is 19.8 Å². The minimum absolute atomic E-state index is 0.101. The molecule has 0 bridgehead atoms. The molecular weight excluding hydrogens is 221 g/mol. The zero-order valence-electron chi connectivity index (χ0n) is 4.39. The molecule has 1 aliphatic heterocycles. The van der Waals surface area contributed by atoms with Crippen LogP contribution in [0.25, 0.3) is 0 Å². The summed E-state index contributed by atoms with van der Waals surface area (Å²) in [7, 11) is 0. The summed E-state index contributed by atoms with van der Waals surface area (Å²) in [6.07, 6.45) is 0.101. The third-order valence-corrected chi connectivity index (χ3v) is 1.61. The fourth-order valence-corrected chi connectivity index (χ4v) is 0.925. The van der Waals surface area contributed by atoms with Gasteiger partial charge in [0.05, 0.1) is 13.2 Å². The van der Waals surface area contributed by atoms with E-state index in [0.717, 1.165) is 13.2 Å². The van der Waals surface area contributed by atoms with E-state index in [1.165, 1.54) is 0 Å². The van der Waals surface area contributed by atoms with Crippen LogP contribution >= 0.6 is 23.0 Å². The highest BCUT2D eigenvalue weighted by Crippen LogP contribution is 1.98. The predicted molar refractivity (Wildman–Crippen MR) is 37.7 cm³/mol. The highest BCUT2D eigenvalue weighted by Gasteiger charge is 2.10. The van der Waals surface area contributed by atoms with Gasteiger partial charge in [-0.05, 0) is 0 Å². The number of rotatable bonds is 1. The standard InChI is InChI=1S/C4H8INO2/c5-8-4-3-7-2-1-6-4/h4,6H,1-3H2/t4-/m1/s1. The molecule has 1 atom stereocenters. The number of morpholine rings is 1. The van der Waals surface area contributed by atoms with Crippen molar-refractivity contribution in [1.29, 1.82) is 0 Å². The van der Waals surface area contributed by atoms with Crippen molar-refractivity contribution in [2.24, 2.45) is 0 Å². The van der Waals surface area contributed by atoms with Gasteiger partial charge in [0.15, 0.2) is 0 Å². The van der Waals surface area contributed by atoms with Crippen molar-refractivity contribution in [2.45, 2.75) is 6.23 Å². The van der Waals surface area contributed by atoms with E-state index < -0.39 is 0 Å². The van der Waals surface area contributed by atoms with E-state index in [4.69, 9.17) is 7.80 Å².